The molecule has 0 radical (unpaired) electrons. The van der Waals surface area contributed by atoms with Crippen molar-refractivity contribution in [2.24, 2.45) is 5.92 Å². The first-order chi connectivity index (χ1) is 7.24. The molecule has 1 fully saturated rings. The van der Waals surface area contributed by atoms with Gasteiger partial charge >= 0.3 is 0 Å². The van der Waals surface area contributed by atoms with Gasteiger partial charge in [-0.3, -0.25) is 9.88 Å². The SMILES string of the molecule is CC1C[C@@H](c2cccnc2)N(C)C1CO. The summed E-state index contributed by atoms with van der Waals surface area (Å²) in [5.74, 6) is 0.546. The first-order valence-corrected chi connectivity index (χ1v) is 5.46. The largest absolute Gasteiger partial charge is 0.395 e. The molecular formula is C12H18N2O. The highest BCUT2D eigenvalue weighted by atomic mass is 16.3. The van der Waals surface area contributed by atoms with Gasteiger partial charge in [0.15, 0.2) is 0 Å². The lowest BCUT2D eigenvalue weighted by Crippen LogP contribution is -2.33. The Balaban J connectivity index is 2.19. The number of likely N-dealkylation sites (N-methyl/N-ethyl adjacent to an activating group) is 1. The number of rotatable bonds is 2. The van der Waals surface area contributed by atoms with E-state index < -0.39 is 0 Å². The number of aromatic nitrogens is 1. The van der Waals surface area contributed by atoms with Crippen molar-refractivity contribution in [3.63, 3.8) is 0 Å². The van der Waals surface area contributed by atoms with Gasteiger partial charge in [-0.15, -0.1) is 0 Å². The van der Waals surface area contributed by atoms with Gasteiger partial charge in [0.25, 0.3) is 0 Å². The summed E-state index contributed by atoms with van der Waals surface area (Å²) in [5, 5.41) is 9.31. The molecule has 0 bridgehead atoms. The highest BCUT2D eigenvalue weighted by molar-refractivity contribution is 5.16. The van der Waals surface area contributed by atoms with E-state index in [0.29, 0.717) is 12.0 Å². The van der Waals surface area contributed by atoms with E-state index in [4.69, 9.17) is 0 Å². The third-order valence-corrected chi connectivity index (χ3v) is 3.52. The lowest BCUT2D eigenvalue weighted by atomic mass is 9.99. The number of nitrogens with zero attached hydrogens (tertiary/aromatic N) is 2. The zero-order valence-electron chi connectivity index (χ0n) is 9.30. The molecule has 3 nitrogen and oxygen atoms in total. The Bertz CT molecular complexity index is 315. The molecule has 0 spiro atoms. The van der Waals surface area contributed by atoms with Gasteiger partial charge in [0.05, 0.1) is 6.61 Å². The summed E-state index contributed by atoms with van der Waals surface area (Å²) < 4.78 is 0. The normalized spacial score (nSPS) is 32.1. The molecule has 0 saturated carbocycles. The van der Waals surface area contributed by atoms with E-state index in [-0.39, 0.29) is 12.6 Å². The van der Waals surface area contributed by atoms with Crippen LogP contribution in [-0.4, -0.2) is 34.7 Å². The van der Waals surface area contributed by atoms with Crippen molar-refractivity contribution >= 4 is 0 Å². The lowest BCUT2D eigenvalue weighted by Gasteiger charge is -2.25. The summed E-state index contributed by atoms with van der Waals surface area (Å²) in [6.45, 7) is 2.45. The van der Waals surface area contributed by atoms with E-state index in [1.807, 2.05) is 12.3 Å². The van der Waals surface area contributed by atoms with Crippen LogP contribution in [0.25, 0.3) is 0 Å². The summed E-state index contributed by atoms with van der Waals surface area (Å²) in [4.78, 5) is 6.42. The third-order valence-electron chi connectivity index (χ3n) is 3.52. The van der Waals surface area contributed by atoms with Crippen molar-refractivity contribution in [2.75, 3.05) is 13.7 Å². The van der Waals surface area contributed by atoms with Crippen molar-refractivity contribution < 1.29 is 5.11 Å². The van der Waals surface area contributed by atoms with E-state index >= 15 is 0 Å². The van der Waals surface area contributed by atoms with Crippen LogP contribution in [0.1, 0.15) is 24.9 Å². The van der Waals surface area contributed by atoms with Gasteiger partial charge in [-0.05, 0) is 31.0 Å². The van der Waals surface area contributed by atoms with Crippen LogP contribution in [0.15, 0.2) is 24.5 Å². The van der Waals surface area contributed by atoms with Crippen LogP contribution in [0.2, 0.25) is 0 Å². The summed E-state index contributed by atoms with van der Waals surface area (Å²) in [5.41, 5.74) is 1.25. The van der Waals surface area contributed by atoms with E-state index in [1.165, 1.54) is 5.56 Å². The Labute approximate surface area is 90.8 Å². The maximum absolute atomic E-state index is 9.31. The molecule has 2 heterocycles. The van der Waals surface area contributed by atoms with E-state index in [2.05, 4.69) is 29.9 Å². The van der Waals surface area contributed by atoms with Gasteiger partial charge in [0.1, 0.15) is 0 Å². The second-order valence-corrected chi connectivity index (χ2v) is 4.43. The Morgan fingerprint density at radius 1 is 1.60 bits per heavy atom. The van der Waals surface area contributed by atoms with Crippen molar-refractivity contribution in [1.82, 2.24) is 9.88 Å². The van der Waals surface area contributed by atoms with Gasteiger partial charge in [0.2, 0.25) is 0 Å². The van der Waals surface area contributed by atoms with Crippen LogP contribution < -0.4 is 0 Å². The molecular weight excluding hydrogens is 188 g/mol. The number of aliphatic hydroxyl groups excluding tert-OH is 1. The fraction of sp³-hybridized carbons (Fsp3) is 0.583. The van der Waals surface area contributed by atoms with Crippen molar-refractivity contribution in [3.8, 4) is 0 Å². The van der Waals surface area contributed by atoms with Crippen molar-refractivity contribution in [3.05, 3.63) is 30.1 Å². The molecule has 3 atom stereocenters. The average Bonchev–Trinajstić information content (AvgIpc) is 2.55. The molecule has 0 amide bonds. The van der Waals surface area contributed by atoms with Gasteiger partial charge in [-0.2, -0.15) is 0 Å². The lowest BCUT2D eigenvalue weighted by molar-refractivity contribution is 0.140. The second kappa shape index (κ2) is 4.29. The molecule has 1 aliphatic rings. The minimum atomic E-state index is 0.244. The molecule has 1 saturated heterocycles. The molecule has 15 heavy (non-hydrogen) atoms. The maximum atomic E-state index is 9.31. The molecule has 1 aromatic heterocycles. The monoisotopic (exact) mass is 206 g/mol. The Morgan fingerprint density at radius 2 is 2.40 bits per heavy atom. The summed E-state index contributed by atoms with van der Waals surface area (Å²) in [7, 11) is 2.09. The minimum absolute atomic E-state index is 0.244. The number of hydrogen-bond donors (Lipinski definition) is 1. The zero-order valence-corrected chi connectivity index (χ0v) is 9.30. The fourth-order valence-electron chi connectivity index (χ4n) is 2.56. The standard InChI is InChI=1S/C12H18N2O/c1-9-6-11(14(2)12(9)8-15)10-4-3-5-13-7-10/h3-5,7,9,11-12,15H,6,8H2,1-2H3/t9?,11-,12?/m0/s1. The van der Waals surface area contributed by atoms with Gasteiger partial charge in [-0.1, -0.05) is 13.0 Å². The first-order valence-electron chi connectivity index (χ1n) is 5.46. The molecule has 0 aromatic carbocycles. The van der Waals surface area contributed by atoms with Gasteiger partial charge < -0.3 is 5.11 Å². The quantitative estimate of drug-likeness (QED) is 0.795. The van der Waals surface area contributed by atoms with Crippen LogP contribution >= 0.6 is 0 Å². The van der Waals surface area contributed by atoms with E-state index in [0.717, 1.165) is 6.42 Å². The Kier molecular flexibility index (Phi) is 3.03. The highest BCUT2D eigenvalue weighted by Gasteiger charge is 2.36. The summed E-state index contributed by atoms with van der Waals surface area (Å²) in [6, 6.07) is 4.78. The first kappa shape index (κ1) is 10.6. The van der Waals surface area contributed by atoms with Crippen molar-refractivity contribution in [2.45, 2.75) is 25.4 Å². The third kappa shape index (κ3) is 1.90. The number of aliphatic hydroxyl groups is 1. The minimum Gasteiger partial charge on any atom is -0.395 e. The topological polar surface area (TPSA) is 36.4 Å². The molecule has 2 rings (SSSR count). The Morgan fingerprint density at radius 3 is 2.93 bits per heavy atom. The molecule has 1 aromatic rings. The average molecular weight is 206 g/mol. The fourth-order valence-corrected chi connectivity index (χ4v) is 2.56. The maximum Gasteiger partial charge on any atom is 0.0589 e. The number of pyridine rings is 1. The number of hydrogen-bond acceptors (Lipinski definition) is 3. The predicted octanol–water partition coefficient (Wildman–Crippen LogP) is 1.46. The number of likely N-dealkylation sites (tertiary alicyclic amines) is 1. The Hall–Kier alpha value is -0.930. The van der Waals surface area contributed by atoms with E-state index in [1.54, 1.807) is 6.20 Å². The van der Waals surface area contributed by atoms with E-state index in [9.17, 15) is 5.11 Å². The summed E-state index contributed by atoms with van der Waals surface area (Å²) in [6.07, 6.45) is 4.83. The van der Waals surface area contributed by atoms with Crippen LogP contribution in [0, 0.1) is 5.92 Å². The van der Waals surface area contributed by atoms with Crippen LogP contribution in [-0.2, 0) is 0 Å². The molecule has 2 unspecified atom stereocenters. The van der Waals surface area contributed by atoms with Gasteiger partial charge in [0, 0.05) is 24.5 Å². The smallest absolute Gasteiger partial charge is 0.0589 e. The highest BCUT2D eigenvalue weighted by Crippen LogP contribution is 2.37. The van der Waals surface area contributed by atoms with Crippen LogP contribution in [0.5, 0.6) is 0 Å². The molecule has 82 valence electrons. The van der Waals surface area contributed by atoms with Crippen LogP contribution in [0.4, 0.5) is 0 Å². The summed E-state index contributed by atoms with van der Waals surface area (Å²) >= 11 is 0. The van der Waals surface area contributed by atoms with Crippen LogP contribution in [0.3, 0.4) is 0 Å². The zero-order chi connectivity index (χ0) is 10.8. The van der Waals surface area contributed by atoms with Gasteiger partial charge in [-0.25, -0.2) is 0 Å². The molecule has 1 N–H and O–H groups in total. The molecule has 0 aliphatic carbocycles. The second-order valence-electron chi connectivity index (χ2n) is 4.43. The molecule has 1 aliphatic heterocycles. The van der Waals surface area contributed by atoms with Crippen molar-refractivity contribution in [1.29, 1.82) is 0 Å². The predicted molar refractivity (Wildman–Crippen MR) is 59.4 cm³/mol. The molecule has 3 heteroatoms.